The number of carboxylic acids is 1. The van der Waals surface area contributed by atoms with Crippen molar-refractivity contribution in [3.63, 3.8) is 0 Å². The van der Waals surface area contributed by atoms with E-state index in [0.29, 0.717) is 22.2 Å². The lowest BCUT2D eigenvalue weighted by atomic mass is 10.0. The Hall–Kier alpha value is -4.44. The molecule has 0 spiro atoms. The van der Waals surface area contributed by atoms with Gasteiger partial charge in [-0.05, 0) is 69.1 Å². The van der Waals surface area contributed by atoms with E-state index in [-0.39, 0.29) is 17.7 Å². The van der Waals surface area contributed by atoms with Gasteiger partial charge in [-0.25, -0.2) is 4.79 Å². The molecule has 3 N–H and O–H groups in total. The minimum absolute atomic E-state index is 0.0771. The molecule has 7 nitrogen and oxygen atoms in total. The van der Waals surface area contributed by atoms with Crippen LogP contribution in [0.4, 0.5) is 5.69 Å². The largest absolute Gasteiger partial charge is 0.507 e. The van der Waals surface area contributed by atoms with Crippen LogP contribution in [0.1, 0.15) is 15.9 Å². The maximum Gasteiger partial charge on any atom is 0.339 e. The summed E-state index contributed by atoms with van der Waals surface area (Å²) < 4.78 is 2.68. The van der Waals surface area contributed by atoms with Crippen LogP contribution in [-0.4, -0.2) is 32.4 Å². The summed E-state index contributed by atoms with van der Waals surface area (Å²) in [6, 6.07) is 27.4. The third kappa shape index (κ3) is 5.28. The van der Waals surface area contributed by atoms with E-state index in [1.54, 1.807) is 18.2 Å². The molecule has 0 unspecified atom stereocenters. The molecule has 0 aliphatic heterocycles. The van der Waals surface area contributed by atoms with E-state index >= 15 is 0 Å². The number of phenols is 1. The molecule has 39 heavy (non-hydrogen) atoms. The number of Topliss-reactive ketones (excluding diaryl/α,β-unsaturated/α-hetero) is 1. The third-order valence-corrected chi connectivity index (χ3v) is 7.65. The van der Waals surface area contributed by atoms with Crippen molar-refractivity contribution in [2.45, 2.75) is 6.42 Å². The molecule has 0 saturated heterocycles. The van der Waals surface area contributed by atoms with E-state index in [0.717, 1.165) is 26.0 Å². The quantitative estimate of drug-likeness (QED) is 0.145. The monoisotopic (exact) mass is 630 g/mol. The molecule has 0 bridgehead atoms. The van der Waals surface area contributed by atoms with Crippen LogP contribution in [0.3, 0.4) is 0 Å². The van der Waals surface area contributed by atoms with Crippen LogP contribution >= 0.6 is 22.6 Å². The number of ketones is 1. The number of carbonyl (C=O) groups excluding carboxylic acids is 2. The standard InChI is InChI=1S/C31H23IN2O5/c1-34-25-17-26(35)24(31(38)39)16-23(25)28(32)29(34)21-9-5-6-18(14-21)15-27(36)30(37)33-22-12-10-20(11-13-22)19-7-3-2-4-8-19/h2-14,16-17,35H,15H2,1H3,(H,33,37)(H,38,39). The number of aromatic hydroxyl groups is 1. The maximum absolute atomic E-state index is 12.8. The van der Waals surface area contributed by atoms with E-state index in [2.05, 4.69) is 27.9 Å². The van der Waals surface area contributed by atoms with Crippen molar-refractivity contribution in [3.8, 4) is 28.1 Å². The first-order chi connectivity index (χ1) is 18.7. The summed E-state index contributed by atoms with van der Waals surface area (Å²) in [5, 5.41) is 22.9. The molecular weight excluding hydrogens is 607 g/mol. The second kappa shape index (κ2) is 10.7. The topological polar surface area (TPSA) is 109 Å². The summed E-state index contributed by atoms with van der Waals surface area (Å²) >= 11 is 2.15. The first-order valence-electron chi connectivity index (χ1n) is 12.1. The number of amides is 1. The van der Waals surface area contributed by atoms with E-state index in [1.807, 2.05) is 72.3 Å². The maximum atomic E-state index is 12.8. The lowest BCUT2D eigenvalue weighted by Gasteiger charge is -2.09. The molecule has 0 aliphatic rings. The zero-order valence-electron chi connectivity index (χ0n) is 20.8. The van der Waals surface area contributed by atoms with Crippen molar-refractivity contribution in [3.05, 3.63) is 106 Å². The highest BCUT2D eigenvalue weighted by Crippen LogP contribution is 2.37. The van der Waals surface area contributed by atoms with Gasteiger partial charge in [0.05, 0.1) is 11.2 Å². The Morgan fingerprint density at radius 1 is 0.846 bits per heavy atom. The SMILES string of the molecule is Cn1c(-c2cccc(CC(=O)C(=O)Nc3ccc(-c4ccccc4)cc3)c2)c(I)c2cc(C(=O)O)c(O)cc21. The van der Waals surface area contributed by atoms with Gasteiger partial charge in [0.2, 0.25) is 5.78 Å². The summed E-state index contributed by atoms with van der Waals surface area (Å²) in [7, 11) is 1.83. The van der Waals surface area contributed by atoms with Crippen LogP contribution in [0.15, 0.2) is 91.0 Å². The molecule has 1 amide bonds. The molecule has 5 rings (SSSR count). The zero-order chi connectivity index (χ0) is 27.7. The fraction of sp³-hybridized carbons (Fsp3) is 0.0645. The number of carboxylic acid groups (broad SMARTS) is 1. The highest BCUT2D eigenvalue weighted by Gasteiger charge is 2.20. The minimum atomic E-state index is -1.21. The molecule has 0 atom stereocenters. The van der Waals surface area contributed by atoms with E-state index in [9.17, 15) is 24.6 Å². The van der Waals surface area contributed by atoms with Gasteiger partial charge in [-0.3, -0.25) is 9.59 Å². The van der Waals surface area contributed by atoms with Crippen LogP contribution in [0, 0.1) is 3.57 Å². The highest BCUT2D eigenvalue weighted by atomic mass is 127. The fourth-order valence-electron chi connectivity index (χ4n) is 4.59. The van der Waals surface area contributed by atoms with Gasteiger partial charge in [-0.1, -0.05) is 60.7 Å². The van der Waals surface area contributed by atoms with Crippen LogP contribution < -0.4 is 5.32 Å². The lowest BCUT2D eigenvalue weighted by Crippen LogP contribution is -2.24. The van der Waals surface area contributed by atoms with Crippen molar-refractivity contribution >= 4 is 56.8 Å². The van der Waals surface area contributed by atoms with Gasteiger partial charge in [0, 0.05) is 34.2 Å². The minimum Gasteiger partial charge on any atom is -0.507 e. The third-order valence-electron chi connectivity index (χ3n) is 6.55. The van der Waals surface area contributed by atoms with Crippen molar-refractivity contribution in [1.82, 2.24) is 4.57 Å². The summed E-state index contributed by atoms with van der Waals surface area (Å²) in [5.41, 5.74) is 5.40. The number of aromatic nitrogens is 1. The molecule has 0 fully saturated rings. The van der Waals surface area contributed by atoms with Gasteiger partial charge in [0.25, 0.3) is 5.91 Å². The second-order valence-corrected chi connectivity index (χ2v) is 10.2. The van der Waals surface area contributed by atoms with Crippen LogP contribution in [0.2, 0.25) is 0 Å². The number of halogens is 1. The molecule has 0 aliphatic carbocycles. The zero-order valence-corrected chi connectivity index (χ0v) is 23.0. The number of carbonyl (C=O) groups is 3. The van der Waals surface area contributed by atoms with Crippen LogP contribution in [0.5, 0.6) is 5.75 Å². The van der Waals surface area contributed by atoms with E-state index in [4.69, 9.17) is 0 Å². The molecule has 194 valence electrons. The first kappa shape index (κ1) is 26.2. The van der Waals surface area contributed by atoms with Gasteiger partial charge in [-0.2, -0.15) is 0 Å². The fourth-order valence-corrected chi connectivity index (χ4v) is 5.69. The number of rotatable bonds is 7. The van der Waals surface area contributed by atoms with Gasteiger partial charge >= 0.3 is 5.97 Å². The summed E-state index contributed by atoms with van der Waals surface area (Å²) in [6.07, 6.45) is -0.0771. The number of aromatic carboxylic acids is 1. The number of hydrogen-bond acceptors (Lipinski definition) is 4. The van der Waals surface area contributed by atoms with Crippen molar-refractivity contribution in [2.75, 3.05) is 5.32 Å². The summed E-state index contributed by atoms with van der Waals surface area (Å²) in [6.45, 7) is 0. The average Bonchev–Trinajstić information content (AvgIpc) is 3.17. The second-order valence-electron chi connectivity index (χ2n) is 9.11. The predicted octanol–water partition coefficient (Wildman–Crippen LogP) is 6.27. The molecular formula is C31H23IN2O5. The lowest BCUT2D eigenvalue weighted by molar-refractivity contribution is -0.134. The Kier molecular flexibility index (Phi) is 7.21. The smallest absolute Gasteiger partial charge is 0.339 e. The molecule has 0 saturated carbocycles. The Labute approximate surface area is 237 Å². The Balaban J connectivity index is 1.34. The van der Waals surface area contributed by atoms with Crippen LogP contribution in [-0.2, 0) is 23.1 Å². The predicted molar refractivity (Wildman–Crippen MR) is 159 cm³/mol. The highest BCUT2D eigenvalue weighted by molar-refractivity contribution is 14.1. The van der Waals surface area contributed by atoms with Crippen molar-refractivity contribution < 1.29 is 24.6 Å². The summed E-state index contributed by atoms with van der Waals surface area (Å²) in [5.74, 6) is -2.77. The van der Waals surface area contributed by atoms with Gasteiger partial charge in [0.15, 0.2) is 0 Å². The number of anilines is 1. The van der Waals surface area contributed by atoms with Crippen molar-refractivity contribution in [1.29, 1.82) is 0 Å². The number of nitrogens with zero attached hydrogens (tertiary/aromatic N) is 1. The van der Waals surface area contributed by atoms with Gasteiger partial charge in [-0.15, -0.1) is 0 Å². The molecule has 4 aromatic carbocycles. The number of hydrogen-bond donors (Lipinski definition) is 3. The Bertz CT molecular complexity index is 1740. The first-order valence-corrected chi connectivity index (χ1v) is 13.1. The Morgan fingerprint density at radius 2 is 1.51 bits per heavy atom. The molecule has 8 heteroatoms. The van der Waals surface area contributed by atoms with Crippen LogP contribution in [0.25, 0.3) is 33.3 Å². The number of benzene rings is 4. The van der Waals surface area contributed by atoms with Gasteiger partial charge in [0.1, 0.15) is 11.3 Å². The normalized spacial score (nSPS) is 10.9. The molecule has 1 heterocycles. The molecule has 5 aromatic rings. The number of aryl methyl sites for hydroxylation is 1. The number of fused-ring (bicyclic) bond motifs is 1. The summed E-state index contributed by atoms with van der Waals surface area (Å²) in [4.78, 5) is 36.9. The van der Waals surface area contributed by atoms with Crippen molar-refractivity contribution in [2.24, 2.45) is 7.05 Å². The molecule has 0 radical (unpaired) electrons. The van der Waals surface area contributed by atoms with E-state index in [1.165, 1.54) is 12.1 Å². The number of nitrogens with one attached hydrogen (secondary N) is 1. The van der Waals surface area contributed by atoms with Gasteiger partial charge < -0.3 is 20.1 Å². The average molecular weight is 630 g/mol. The van der Waals surface area contributed by atoms with E-state index < -0.39 is 17.7 Å². The Morgan fingerprint density at radius 3 is 2.21 bits per heavy atom. The molecule has 1 aromatic heterocycles.